The Morgan fingerprint density at radius 1 is 0.926 bits per heavy atom. The Morgan fingerprint density at radius 2 is 1.59 bits per heavy atom. The summed E-state index contributed by atoms with van der Waals surface area (Å²) in [6.07, 6.45) is 2.72. The van der Waals surface area contributed by atoms with Crippen molar-refractivity contribution >= 4 is 21.7 Å². The molecule has 0 saturated carbocycles. The van der Waals surface area contributed by atoms with Gasteiger partial charge in [-0.05, 0) is 61.4 Å². The van der Waals surface area contributed by atoms with Gasteiger partial charge in [-0.15, -0.1) is 0 Å². The summed E-state index contributed by atoms with van der Waals surface area (Å²) in [5.74, 6) is 0.210. The molecule has 0 bridgehead atoms. The third kappa shape index (κ3) is 6.29. The van der Waals surface area contributed by atoms with Gasteiger partial charge >= 0.3 is 5.97 Å². The minimum atomic E-state index is -3.72. The van der Waals surface area contributed by atoms with Crippen molar-refractivity contribution in [2.45, 2.75) is 38.0 Å². The number of carbonyl (C=O) groups is 1. The zero-order valence-electron chi connectivity index (χ0n) is 15.6. The number of unbranched alkanes of at least 4 members (excludes halogenated alkanes) is 1. The minimum Gasteiger partial charge on any atom is -0.494 e. The first-order valence-electron chi connectivity index (χ1n) is 8.99. The van der Waals surface area contributed by atoms with Crippen LogP contribution in [0.25, 0.3) is 0 Å². The largest absolute Gasteiger partial charge is 0.494 e. The summed E-state index contributed by atoms with van der Waals surface area (Å²) < 4.78 is 38.1. The molecular weight excluding hydrogens is 366 g/mol. The summed E-state index contributed by atoms with van der Waals surface area (Å²) in [5, 5.41) is 0. The molecule has 2 aromatic rings. The normalized spacial score (nSPS) is 11.0. The second-order valence-electron chi connectivity index (χ2n) is 5.99. The van der Waals surface area contributed by atoms with E-state index in [0.29, 0.717) is 30.2 Å². The van der Waals surface area contributed by atoms with E-state index in [9.17, 15) is 13.2 Å². The van der Waals surface area contributed by atoms with Crippen LogP contribution in [0.1, 0.15) is 43.5 Å². The molecule has 0 heterocycles. The van der Waals surface area contributed by atoms with Crippen LogP contribution in [-0.2, 0) is 14.8 Å². The van der Waals surface area contributed by atoms with Gasteiger partial charge in [-0.25, -0.2) is 13.2 Å². The Balaban J connectivity index is 2.02. The van der Waals surface area contributed by atoms with E-state index in [2.05, 4.69) is 11.6 Å². The third-order valence-corrected chi connectivity index (χ3v) is 5.11. The maximum atomic E-state index is 12.5. The summed E-state index contributed by atoms with van der Waals surface area (Å²) in [4.78, 5) is 11.9. The first kappa shape index (κ1) is 20.8. The van der Waals surface area contributed by atoms with Crippen molar-refractivity contribution in [3.8, 4) is 5.75 Å². The Bertz CT molecular complexity index is 830. The van der Waals surface area contributed by atoms with Gasteiger partial charge in [-0.3, -0.25) is 4.72 Å². The molecule has 0 fully saturated rings. The molecule has 146 valence electrons. The first-order chi connectivity index (χ1) is 13.0. The van der Waals surface area contributed by atoms with Crippen LogP contribution in [0.2, 0.25) is 0 Å². The smallest absolute Gasteiger partial charge is 0.338 e. The van der Waals surface area contributed by atoms with Crippen LogP contribution in [0.15, 0.2) is 53.4 Å². The highest BCUT2D eigenvalue weighted by molar-refractivity contribution is 7.92. The molecule has 0 unspecified atom stereocenters. The zero-order valence-corrected chi connectivity index (χ0v) is 16.4. The summed E-state index contributed by atoms with van der Waals surface area (Å²) >= 11 is 0. The van der Waals surface area contributed by atoms with E-state index in [1.807, 2.05) is 6.92 Å². The van der Waals surface area contributed by atoms with Crippen LogP contribution in [0.3, 0.4) is 0 Å². The van der Waals surface area contributed by atoms with Crippen molar-refractivity contribution in [1.29, 1.82) is 0 Å². The fourth-order valence-electron chi connectivity index (χ4n) is 2.22. The lowest BCUT2D eigenvalue weighted by Crippen LogP contribution is -2.13. The van der Waals surface area contributed by atoms with Crippen LogP contribution in [0.4, 0.5) is 5.69 Å². The number of ether oxygens (including phenoxy) is 2. The van der Waals surface area contributed by atoms with E-state index in [1.54, 1.807) is 12.1 Å². The fraction of sp³-hybridized carbons (Fsp3) is 0.350. The number of hydrogen-bond acceptors (Lipinski definition) is 5. The lowest BCUT2D eigenvalue weighted by atomic mass is 10.2. The summed E-state index contributed by atoms with van der Waals surface area (Å²) in [6.45, 7) is 4.94. The Hall–Kier alpha value is -2.54. The summed E-state index contributed by atoms with van der Waals surface area (Å²) in [5.41, 5.74) is 0.741. The molecule has 0 spiro atoms. The van der Waals surface area contributed by atoms with Crippen LogP contribution in [0, 0.1) is 0 Å². The van der Waals surface area contributed by atoms with Gasteiger partial charge < -0.3 is 9.47 Å². The highest BCUT2D eigenvalue weighted by Crippen LogP contribution is 2.20. The lowest BCUT2D eigenvalue weighted by molar-refractivity contribution is 0.0505. The van der Waals surface area contributed by atoms with Crippen molar-refractivity contribution in [1.82, 2.24) is 0 Å². The van der Waals surface area contributed by atoms with Gasteiger partial charge in [0, 0.05) is 5.69 Å². The molecule has 0 aliphatic rings. The minimum absolute atomic E-state index is 0.136. The van der Waals surface area contributed by atoms with Crippen molar-refractivity contribution in [3.05, 3.63) is 54.1 Å². The molecule has 0 atom stereocenters. The monoisotopic (exact) mass is 391 g/mol. The SMILES string of the molecule is CCCCOc1ccc(S(=O)(=O)Nc2ccc(C(=O)OCCC)cc2)cc1. The van der Waals surface area contributed by atoms with Crippen LogP contribution < -0.4 is 9.46 Å². The van der Waals surface area contributed by atoms with E-state index in [0.717, 1.165) is 19.3 Å². The topological polar surface area (TPSA) is 81.7 Å². The van der Waals surface area contributed by atoms with Gasteiger partial charge in [0.1, 0.15) is 5.75 Å². The average Bonchev–Trinajstić information content (AvgIpc) is 2.67. The van der Waals surface area contributed by atoms with E-state index >= 15 is 0 Å². The van der Waals surface area contributed by atoms with Crippen molar-refractivity contribution in [2.24, 2.45) is 0 Å². The van der Waals surface area contributed by atoms with Gasteiger partial charge in [0.2, 0.25) is 0 Å². The zero-order chi connectivity index (χ0) is 19.7. The van der Waals surface area contributed by atoms with Crippen molar-refractivity contribution in [2.75, 3.05) is 17.9 Å². The molecule has 0 aliphatic carbocycles. The second kappa shape index (κ2) is 9.97. The number of hydrogen-bond donors (Lipinski definition) is 1. The number of esters is 1. The van der Waals surface area contributed by atoms with Crippen LogP contribution >= 0.6 is 0 Å². The number of rotatable bonds is 10. The van der Waals surface area contributed by atoms with Gasteiger partial charge in [-0.1, -0.05) is 20.3 Å². The van der Waals surface area contributed by atoms with E-state index in [1.165, 1.54) is 36.4 Å². The maximum absolute atomic E-state index is 12.5. The van der Waals surface area contributed by atoms with E-state index in [-0.39, 0.29) is 4.90 Å². The molecule has 0 aromatic heterocycles. The Labute approximate surface area is 160 Å². The molecule has 0 saturated heterocycles. The quantitative estimate of drug-likeness (QED) is 0.484. The second-order valence-corrected chi connectivity index (χ2v) is 7.67. The first-order valence-corrected chi connectivity index (χ1v) is 10.5. The molecule has 27 heavy (non-hydrogen) atoms. The standard InChI is InChI=1S/C20H25NO5S/c1-3-5-15-25-18-10-12-19(13-11-18)27(23,24)21-17-8-6-16(7-9-17)20(22)26-14-4-2/h6-13,21H,3-5,14-15H2,1-2H3. The summed E-state index contributed by atoms with van der Waals surface area (Å²) in [7, 11) is -3.72. The van der Waals surface area contributed by atoms with Crippen molar-refractivity contribution in [3.63, 3.8) is 0 Å². The van der Waals surface area contributed by atoms with E-state index < -0.39 is 16.0 Å². The number of anilines is 1. The number of benzene rings is 2. The summed E-state index contributed by atoms with van der Waals surface area (Å²) in [6, 6.07) is 12.4. The van der Waals surface area contributed by atoms with Gasteiger partial charge in [-0.2, -0.15) is 0 Å². The maximum Gasteiger partial charge on any atom is 0.338 e. The molecule has 2 aromatic carbocycles. The highest BCUT2D eigenvalue weighted by Gasteiger charge is 2.15. The number of carbonyl (C=O) groups excluding carboxylic acids is 1. The van der Waals surface area contributed by atoms with Gasteiger partial charge in [0.25, 0.3) is 10.0 Å². The van der Waals surface area contributed by atoms with Gasteiger partial charge in [0.05, 0.1) is 23.7 Å². The van der Waals surface area contributed by atoms with E-state index in [4.69, 9.17) is 9.47 Å². The van der Waals surface area contributed by atoms with Crippen LogP contribution in [-0.4, -0.2) is 27.6 Å². The van der Waals surface area contributed by atoms with Crippen LogP contribution in [0.5, 0.6) is 5.75 Å². The Kier molecular flexibility index (Phi) is 7.67. The number of nitrogens with one attached hydrogen (secondary N) is 1. The lowest BCUT2D eigenvalue weighted by Gasteiger charge is -2.10. The molecular formula is C20H25NO5S. The molecule has 0 radical (unpaired) electrons. The average molecular weight is 391 g/mol. The Morgan fingerprint density at radius 3 is 2.19 bits per heavy atom. The fourth-order valence-corrected chi connectivity index (χ4v) is 3.27. The third-order valence-electron chi connectivity index (χ3n) is 3.71. The molecule has 0 amide bonds. The number of sulfonamides is 1. The highest BCUT2D eigenvalue weighted by atomic mass is 32.2. The molecule has 0 aliphatic heterocycles. The molecule has 7 heteroatoms. The molecule has 1 N–H and O–H groups in total. The molecule has 2 rings (SSSR count). The van der Waals surface area contributed by atoms with Gasteiger partial charge in [0.15, 0.2) is 0 Å². The predicted octanol–water partition coefficient (Wildman–Crippen LogP) is 4.23. The molecule has 6 nitrogen and oxygen atoms in total. The predicted molar refractivity (Wildman–Crippen MR) is 105 cm³/mol. The van der Waals surface area contributed by atoms with Crippen molar-refractivity contribution < 1.29 is 22.7 Å².